The van der Waals surface area contributed by atoms with E-state index in [9.17, 15) is 4.79 Å². The summed E-state index contributed by atoms with van der Waals surface area (Å²) in [7, 11) is 0. The highest BCUT2D eigenvalue weighted by Gasteiger charge is 2.34. The Balaban J connectivity index is 2.34. The summed E-state index contributed by atoms with van der Waals surface area (Å²) in [6.07, 6.45) is 0. The van der Waals surface area contributed by atoms with E-state index >= 15 is 0 Å². The van der Waals surface area contributed by atoms with Crippen LogP contribution in [0.3, 0.4) is 0 Å². The largest absolute Gasteiger partial charge is 0.286 e. The molecule has 1 heterocycles. The van der Waals surface area contributed by atoms with Gasteiger partial charge in [0.2, 0.25) is 5.91 Å². The van der Waals surface area contributed by atoms with E-state index < -0.39 is 0 Å². The third kappa shape index (κ3) is 2.66. The van der Waals surface area contributed by atoms with Crippen molar-refractivity contribution >= 4 is 35.0 Å². The van der Waals surface area contributed by atoms with E-state index in [1.807, 2.05) is 30.0 Å². The number of hydrogen-bond donors (Lipinski definition) is 1. The van der Waals surface area contributed by atoms with Crippen molar-refractivity contribution in [2.75, 3.05) is 10.7 Å². The molecule has 5 heteroatoms. The number of amides is 1. The maximum Gasteiger partial charge on any atom is 0.239 e. The van der Waals surface area contributed by atoms with Crippen molar-refractivity contribution in [2.24, 2.45) is 0 Å². The molecule has 1 aromatic carbocycles. The molecule has 1 fully saturated rings. The molecule has 1 amide bonds. The van der Waals surface area contributed by atoms with Crippen molar-refractivity contribution < 1.29 is 4.79 Å². The molecule has 1 atom stereocenters. The first-order valence-electron chi connectivity index (χ1n) is 5.95. The maximum atomic E-state index is 12.1. The molecule has 1 aliphatic heterocycles. The second kappa shape index (κ2) is 5.51. The van der Waals surface area contributed by atoms with Crippen LogP contribution < -0.4 is 10.2 Å². The molecule has 98 valence electrons. The summed E-state index contributed by atoms with van der Waals surface area (Å²) in [6.45, 7) is 6.10. The van der Waals surface area contributed by atoms with Crippen LogP contribution in [-0.4, -0.2) is 23.2 Å². The van der Waals surface area contributed by atoms with Gasteiger partial charge < -0.3 is 0 Å². The Bertz CT molecular complexity index is 464. The first-order valence-corrected chi connectivity index (χ1v) is 7.38. The van der Waals surface area contributed by atoms with E-state index in [0.717, 1.165) is 11.3 Å². The minimum atomic E-state index is -0.00494. The first-order chi connectivity index (χ1) is 8.50. The van der Waals surface area contributed by atoms with E-state index in [4.69, 9.17) is 11.6 Å². The molecule has 1 aliphatic rings. The fourth-order valence-electron chi connectivity index (χ4n) is 1.95. The van der Waals surface area contributed by atoms with Crippen LogP contribution in [0, 0.1) is 6.92 Å². The second-order valence-corrected chi connectivity index (χ2v) is 6.11. The Morgan fingerprint density at radius 1 is 1.50 bits per heavy atom. The summed E-state index contributed by atoms with van der Waals surface area (Å²) in [6, 6.07) is 6.00. The first kappa shape index (κ1) is 13.7. The Morgan fingerprint density at radius 2 is 2.22 bits per heavy atom. The number of hydrogen-bond acceptors (Lipinski definition) is 3. The number of nitrogens with one attached hydrogen (secondary N) is 1. The summed E-state index contributed by atoms with van der Waals surface area (Å²) in [5.41, 5.74) is 1.84. The highest BCUT2D eigenvalue weighted by atomic mass is 35.5. The van der Waals surface area contributed by atoms with E-state index in [-0.39, 0.29) is 11.4 Å². The highest BCUT2D eigenvalue weighted by molar-refractivity contribution is 8.01. The van der Waals surface area contributed by atoms with Crippen LogP contribution in [-0.2, 0) is 4.79 Å². The molecule has 0 radical (unpaired) electrons. The quantitative estimate of drug-likeness (QED) is 0.926. The molecular formula is C13H17ClN2OS. The lowest BCUT2D eigenvalue weighted by atomic mass is 10.2. The minimum Gasteiger partial charge on any atom is -0.286 e. The number of nitrogens with zero attached hydrogens (tertiary/aromatic N) is 1. The molecule has 0 aromatic heterocycles. The zero-order valence-corrected chi connectivity index (χ0v) is 12.3. The van der Waals surface area contributed by atoms with Crippen LogP contribution in [0.2, 0.25) is 5.02 Å². The molecule has 1 unspecified atom stereocenters. The molecular weight excluding hydrogens is 268 g/mol. The van der Waals surface area contributed by atoms with Gasteiger partial charge in [0.15, 0.2) is 0 Å². The number of carbonyl (C=O) groups excluding carboxylic acids is 1. The normalized spacial score (nSPS) is 19.9. The Kier molecular flexibility index (Phi) is 4.20. The number of carbonyl (C=O) groups is 1. The van der Waals surface area contributed by atoms with Crippen LogP contribution in [0.25, 0.3) is 0 Å². The van der Waals surface area contributed by atoms with Crippen molar-refractivity contribution in [1.82, 2.24) is 5.32 Å². The zero-order chi connectivity index (χ0) is 13.3. The Hall–Kier alpha value is -0.710. The number of benzene rings is 1. The van der Waals surface area contributed by atoms with Gasteiger partial charge in [-0.15, -0.1) is 11.8 Å². The Morgan fingerprint density at radius 3 is 2.89 bits per heavy atom. The molecule has 18 heavy (non-hydrogen) atoms. The van der Waals surface area contributed by atoms with Crippen molar-refractivity contribution in [3.63, 3.8) is 0 Å². The lowest BCUT2D eigenvalue weighted by Crippen LogP contribution is -2.45. The summed E-state index contributed by atoms with van der Waals surface area (Å²) >= 11 is 7.75. The molecule has 0 bridgehead atoms. The van der Waals surface area contributed by atoms with Gasteiger partial charge in [0.05, 0.1) is 11.4 Å². The number of rotatable bonds is 3. The van der Waals surface area contributed by atoms with Gasteiger partial charge in [-0.05, 0) is 38.5 Å². The van der Waals surface area contributed by atoms with Crippen LogP contribution in [0.1, 0.15) is 19.4 Å². The minimum absolute atomic E-state index is 0.00494. The molecule has 2 rings (SSSR count). The smallest absolute Gasteiger partial charge is 0.239 e. The van der Waals surface area contributed by atoms with Crippen LogP contribution >= 0.6 is 23.4 Å². The molecule has 3 nitrogen and oxygen atoms in total. The van der Waals surface area contributed by atoms with Gasteiger partial charge in [-0.2, -0.15) is 0 Å². The fraction of sp³-hybridized carbons (Fsp3) is 0.462. The predicted octanol–water partition coefficient (Wildman–Crippen LogP) is 3.01. The van der Waals surface area contributed by atoms with E-state index in [0.29, 0.717) is 16.8 Å². The van der Waals surface area contributed by atoms with Gasteiger partial charge in [-0.25, -0.2) is 0 Å². The molecule has 0 spiro atoms. The van der Waals surface area contributed by atoms with E-state index in [2.05, 4.69) is 19.2 Å². The second-order valence-electron chi connectivity index (χ2n) is 4.63. The molecule has 0 aliphatic carbocycles. The standard InChI is InChI=1S/C13H17ClN2OS/c1-8(2)15-13-16(12(17)7-18-13)11-6-4-5-10(14)9(11)3/h4-6,8,13,15H,7H2,1-3H3. The number of halogens is 1. The van der Waals surface area contributed by atoms with Gasteiger partial charge in [-0.1, -0.05) is 17.7 Å². The van der Waals surface area contributed by atoms with Crippen molar-refractivity contribution in [1.29, 1.82) is 0 Å². The van der Waals surface area contributed by atoms with Crippen molar-refractivity contribution in [3.8, 4) is 0 Å². The molecule has 0 saturated carbocycles. The van der Waals surface area contributed by atoms with Crippen LogP contribution in [0.15, 0.2) is 18.2 Å². The molecule has 1 N–H and O–H groups in total. The maximum absolute atomic E-state index is 12.1. The van der Waals surface area contributed by atoms with Gasteiger partial charge in [0, 0.05) is 11.1 Å². The average Bonchev–Trinajstić information content (AvgIpc) is 2.63. The third-order valence-corrected chi connectivity index (χ3v) is 4.33. The van der Waals surface area contributed by atoms with Crippen molar-refractivity contribution in [2.45, 2.75) is 32.3 Å². The van der Waals surface area contributed by atoms with Gasteiger partial charge >= 0.3 is 0 Å². The average molecular weight is 285 g/mol. The van der Waals surface area contributed by atoms with Gasteiger partial charge in [0.1, 0.15) is 5.50 Å². The lowest BCUT2D eigenvalue weighted by molar-refractivity contribution is -0.115. The number of thioether (sulfide) groups is 1. The third-order valence-electron chi connectivity index (χ3n) is 2.84. The van der Waals surface area contributed by atoms with Crippen LogP contribution in [0.5, 0.6) is 0 Å². The fourth-order valence-corrected chi connectivity index (χ4v) is 3.31. The molecule has 1 saturated heterocycles. The summed E-state index contributed by atoms with van der Waals surface area (Å²) < 4.78 is 0. The van der Waals surface area contributed by atoms with Gasteiger partial charge in [0.25, 0.3) is 0 Å². The Labute approximate surface area is 117 Å². The van der Waals surface area contributed by atoms with Crippen LogP contribution in [0.4, 0.5) is 5.69 Å². The molecule has 1 aromatic rings. The highest BCUT2D eigenvalue weighted by Crippen LogP contribution is 2.34. The monoisotopic (exact) mass is 284 g/mol. The summed E-state index contributed by atoms with van der Waals surface area (Å²) in [5, 5.41) is 4.09. The summed E-state index contributed by atoms with van der Waals surface area (Å²) in [5.74, 6) is 0.639. The van der Waals surface area contributed by atoms with E-state index in [1.165, 1.54) is 0 Å². The lowest BCUT2D eigenvalue weighted by Gasteiger charge is -2.28. The summed E-state index contributed by atoms with van der Waals surface area (Å²) in [4.78, 5) is 13.9. The predicted molar refractivity (Wildman–Crippen MR) is 78.2 cm³/mol. The topological polar surface area (TPSA) is 32.3 Å². The SMILES string of the molecule is Cc1c(Cl)cccc1N1C(=O)CSC1NC(C)C. The van der Waals surface area contributed by atoms with Crippen molar-refractivity contribution in [3.05, 3.63) is 28.8 Å². The van der Waals surface area contributed by atoms with Gasteiger partial charge in [-0.3, -0.25) is 15.0 Å². The van der Waals surface area contributed by atoms with E-state index in [1.54, 1.807) is 11.8 Å². The zero-order valence-electron chi connectivity index (χ0n) is 10.7. The number of anilines is 1.